The van der Waals surface area contributed by atoms with E-state index in [9.17, 15) is 10.1 Å². The highest BCUT2D eigenvalue weighted by Gasteiger charge is 2.12. The van der Waals surface area contributed by atoms with Crippen molar-refractivity contribution >= 4 is 5.69 Å². The Labute approximate surface area is 109 Å². The van der Waals surface area contributed by atoms with Crippen LogP contribution >= 0.6 is 0 Å². The van der Waals surface area contributed by atoms with Crippen molar-refractivity contribution in [3.63, 3.8) is 0 Å². The van der Waals surface area contributed by atoms with Crippen LogP contribution in [0.15, 0.2) is 22.7 Å². The fraction of sp³-hybridized carbons (Fsp3) is 0.333. The van der Waals surface area contributed by atoms with Crippen LogP contribution in [0.25, 0.3) is 0 Å². The van der Waals surface area contributed by atoms with Gasteiger partial charge in [0.2, 0.25) is 5.89 Å². The predicted molar refractivity (Wildman–Crippen MR) is 67.4 cm³/mol. The topological polar surface area (TPSA) is 94.1 Å². The second kappa shape index (κ2) is 5.57. The van der Waals surface area contributed by atoms with E-state index in [-0.39, 0.29) is 10.6 Å². The van der Waals surface area contributed by atoms with Crippen LogP contribution < -0.4 is 5.32 Å². The highest BCUT2D eigenvalue weighted by atomic mass is 16.6. The van der Waals surface area contributed by atoms with Gasteiger partial charge < -0.3 is 9.84 Å². The van der Waals surface area contributed by atoms with Crippen molar-refractivity contribution in [2.45, 2.75) is 26.9 Å². The van der Waals surface area contributed by atoms with Gasteiger partial charge in [0, 0.05) is 18.2 Å². The van der Waals surface area contributed by atoms with Crippen LogP contribution in [0.4, 0.5) is 5.69 Å². The summed E-state index contributed by atoms with van der Waals surface area (Å²) in [7, 11) is 0. The normalized spacial score (nSPS) is 10.6. The maximum atomic E-state index is 10.8. The molecule has 0 aliphatic carbocycles. The number of nitrogens with zero attached hydrogens (tertiary/aromatic N) is 3. The van der Waals surface area contributed by atoms with E-state index in [2.05, 4.69) is 15.5 Å². The molecule has 0 amide bonds. The molecule has 0 aliphatic heterocycles. The van der Waals surface area contributed by atoms with E-state index < -0.39 is 0 Å². The maximum Gasteiger partial charge on any atom is 0.272 e. The van der Waals surface area contributed by atoms with Gasteiger partial charge in [-0.15, -0.1) is 0 Å². The Morgan fingerprint density at radius 1 is 1.37 bits per heavy atom. The summed E-state index contributed by atoms with van der Waals surface area (Å²) >= 11 is 0. The first-order valence-corrected chi connectivity index (χ1v) is 5.80. The molecule has 0 aliphatic rings. The van der Waals surface area contributed by atoms with Crippen LogP contribution in [0.5, 0.6) is 0 Å². The van der Waals surface area contributed by atoms with Crippen LogP contribution in [-0.4, -0.2) is 15.1 Å². The number of nitro benzene ring substituents is 1. The van der Waals surface area contributed by atoms with Crippen molar-refractivity contribution in [3.05, 3.63) is 51.2 Å². The first-order valence-electron chi connectivity index (χ1n) is 5.80. The van der Waals surface area contributed by atoms with Gasteiger partial charge in [-0.3, -0.25) is 10.1 Å². The fourth-order valence-electron chi connectivity index (χ4n) is 1.78. The van der Waals surface area contributed by atoms with Crippen molar-refractivity contribution in [3.8, 4) is 0 Å². The molecule has 2 rings (SSSR count). The average molecular weight is 262 g/mol. The van der Waals surface area contributed by atoms with Crippen molar-refractivity contribution in [2.75, 3.05) is 0 Å². The number of rotatable bonds is 5. The van der Waals surface area contributed by atoms with Gasteiger partial charge in [-0.05, 0) is 19.4 Å². The molecule has 0 atom stereocenters. The zero-order valence-corrected chi connectivity index (χ0v) is 10.7. The van der Waals surface area contributed by atoms with E-state index in [1.165, 1.54) is 6.07 Å². The third-order valence-electron chi connectivity index (χ3n) is 2.78. The number of benzene rings is 1. The molecule has 7 nitrogen and oxygen atoms in total. The SMILES string of the molecule is Cc1noc(CNCc2cccc([N+](=O)[O-])c2C)n1. The van der Waals surface area contributed by atoms with E-state index >= 15 is 0 Å². The van der Waals surface area contributed by atoms with Crippen LogP contribution in [0.3, 0.4) is 0 Å². The van der Waals surface area contributed by atoms with E-state index in [1.54, 1.807) is 19.9 Å². The van der Waals surface area contributed by atoms with Crippen molar-refractivity contribution in [1.82, 2.24) is 15.5 Å². The van der Waals surface area contributed by atoms with E-state index in [0.717, 1.165) is 5.56 Å². The molecule has 1 aromatic heterocycles. The molecule has 1 aromatic carbocycles. The van der Waals surface area contributed by atoms with E-state index in [0.29, 0.717) is 30.4 Å². The molecule has 7 heteroatoms. The van der Waals surface area contributed by atoms with E-state index in [4.69, 9.17) is 4.52 Å². The van der Waals surface area contributed by atoms with Gasteiger partial charge >= 0.3 is 0 Å². The minimum atomic E-state index is -0.375. The van der Waals surface area contributed by atoms with Crippen molar-refractivity contribution in [2.24, 2.45) is 0 Å². The fourth-order valence-corrected chi connectivity index (χ4v) is 1.78. The summed E-state index contributed by atoms with van der Waals surface area (Å²) in [5.41, 5.74) is 1.68. The lowest BCUT2D eigenvalue weighted by atomic mass is 10.1. The summed E-state index contributed by atoms with van der Waals surface area (Å²) in [5, 5.41) is 17.6. The third kappa shape index (κ3) is 3.14. The van der Waals surface area contributed by atoms with Crippen LogP contribution in [-0.2, 0) is 13.1 Å². The summed E-state index contributed by atoms with van der Waals surface area (Å²) < 4.78 is 4.96. The quantitative estimate of drug-likeness (QED) is 0.653. The minimum absolute atomic E-state index is 0.132. The zero-order chi connectivity index (χ0) is 13.8. The first kappa shape index (κ1) is 13.2. The number of aromatic nitrogens is 2. The molecule has 0 saturated heterocycles. The molecule has 19 heavy (non-hydrogen) atoms. The largest absolute Gasteiger partial charge is 0.338 e. The van der Waals surface area contributed by atoms with Gasteiger partial charge in [-0.25, -0.2) is 0 Å². The molecule has 0 bridgehead atoms. The van der Waals surface area contributed by atoms with Crippen molar-refractivity contribution < 1.29 is 9.45 Å². The molecule has 0 fully saturated rings. The first-order chi connectivity index (χ1) is 9.08. The lowest BCUT2D eigenvalue weighted by molar-refractivity contribution is -0.385. The molecular weight excluding hydrogens is 248 g/mol. The van der Waals surface area contributed by atoms with Crippen LogP contribution in [0.2, 0.25) is 0 Å². The molecule has 0 unspecified atom stereocenters. The molecule has 100 valence electrons. The number of hydrogen-bond acceptors (Lipinski definition) is 6. The number of hydrogen-bond donors (Lipinski definition) is 1. The van der Waals surface area contributed by atoms with Gasteiger partial charge in [0.15, 0.2) is 5.82 Å². The highest BCUT2D eigenvalue weighted by molar-refractivity contribution is 5.44. The Bertz CT molecular complexity index is 594. The maximum absolute atomic E-state index is 10.8. The smallest absolute Gasteiger partial charge is 0.272 e. The number of nitrogens with one attached hydrogen (secondary N) is 1. The van der Waals surface area contributed by atoms with Crippen molar-refractivity contribution in [1.29, 1.82) is 0 Å². The third-order valence-corrected chi connectivity index (χ3v) is 2.78. The lowest BCUT2D eigenvalue weighted by Gasteiger charge is -2.06. The number of aryl methyl sites for hydroxylation is 1. The second-order valence-corrected chi connectivity index (χ2v) is 4.16. The predicted octanol–water partition coefficient (Wildman–Crippen LogP) is 1.88. The molecule has 2 aromatic rings. The summed E-state index contributed by atoms with van der Waals surface area (Å²) in [6, 6.07) is 5.04. The summed E-state index contributed by atoms with van der Waals surface area (Å²) in [5.74, 6) is 1.09. The summed E-state index contributed by atoms with van der Waals surface area (Å²) in [6.45, 7) is 4.43. The standard InChI is InChI=1S/C12H14N4O3/c1-8-10(4-3-5-11(8)16(17)18)6-13-7-12-14-9(2)15-19-12/h3-5,13H,6-7H2,1-2H3. The molecular formula is C12H14N4O3. The highest BCUT2D eigenvalue weighted by Crippen LogP contribution is 2.20. The van der Waals surface area contributed by atoms with Crippen LogP contribution in [0.1, 0.15) is 22.8 Å². The minimum Gasteiger partial charge on any atom is -0.338 e. The second-order valence-electron chi connectivity index (χ2n) is 4.16. The lowest BCUT2D eigenvalue weighted by Crippen LogP contribution is -2.14. The molecule has 0 radical (unpaired) electrons. The Morgan fingerprint density at radius 3 is 2.79 bits per heavy atom. The average Bonchev–Trinajstić information content (AvgIpc) is 2.77. The van der Waals surface area contributed by atoms with Gasteiger partial charge in [-0.2, -0.15) is 4.98 Å². The van der Waals surface area contributed by atoms with Gasteiger partial charge in [0.05, 0.1) is 11.5 Å². The van der Waals surface area contributed by atoms with Gasteiger partial charge in [0.25, 0.3) is 5.69 Å². The van der Waals surface area contributed by atoms with Crippen LogP contribution in [0, 0.1) is 24.0 Å². The van der Waals surface area contributed by atoms with Gasteiger partial charge in [0.1, 0.15) is 0 Å². The summed E-state index contributed by atoms with van der Waals surface area (Å²) in [6.07, 6.45) is 0. The number of nitro groups is 1. The van der Waals surface area contributed by atoms with Gasteiger partial charge in [-0.1, -0.05) is 17.3 Å². The zero-order valence-electron chi connectivity index (χ0n) is 10.7. The Morgan fingerprint density at radius 2 is 2.16 bits per heavy atom. The molecule has 1 heterocycles. The Hall–Kier alpha value is -2.28. The summed E-state index contributed by atoms with van der Waals surface area (Å²) in [4.78, 5) is 14.5. The molecule has 0 spiro atoms. The Kier molecular flexibility index (Phi) is 3.86. The monoisotopic (exact) mass is 262 g/mol. The Balaban J connectivity index is 2.00. The molecule has 0 saturated carbocycles. The molecule has 1 N–H and O–H groups in total. The van der Waals surface area contributed by atoms with E-state index in [1.807, 2.05) is 6.07 Å².